The van der Waals surface area contributed by atoms with E-state index in [2.05, 4.69) is 45.1 Å². The minimum absolute atomic E-state index is 0.0589. The van der Waals surface area contributed by atoms with Crippen LogP contribution in [-0.4, -0.2) is 32.7 Å². The number of hydrogen-bond acceptors (Lipinski definition) is 5. The van der Waals surface area contributed by atoms with Gasteiger partial charge in [-0.1, -0.05) is 54.6 Å². The first-order valence-electron chi connectivity index (χ1n) is 9.60. The van der Waals surface area contributed by atoms with E-state index in [0.717, 1.165) is 16.8 Å². The van der Waals surface area contributed by atoms with Crippen LogP contribution in [0.2, 0.25) is 0 Å². The standard InChI is InChI=1S/C23H21N5O2/c1-17(18-7-9-20(10-8-18)19-5-3-2-4-6-19)25-23(29)15-30-22-13-11-21(12-14-22)28-16-24-26-27-28/h2-14,16-17H,15H2,1H3,(H,25,29). The summed E-state index contributed by atoms with van der Waals surface area (Å²) in [5, 5.41) is 14.0. The zero-order chi connectivity index (χ0) is 20.8. The van der Waals surface area contributed by atoms with Crippen molar-refractivity contribution in [3.8, 4) is 22.6 Å². The molecule has 150 valence electrons. The first-order chi connectivity index (χ1) is 14.7. The maximum absolute atomic E-state index is 12.3. The van der Waals surface area contributed by atoms with Gasteiger partial charge in [0.1, 0.15) is 12.1 Å². The first-order valence-corrected chi connectivity index (χ1v) is 9.60. The van der Waals surface area contributed by atoms with E-state index in [4.69, 9.17) is 4.74 Å². The number of aromatic nitrogens is 4. The van der Waals surface area contributed by atoms with Crippen molar-refractivity contribution in [1.82, 2.24) is 25.5 Å². The fourth-order valence-corrected chi connectivity index (χ4v) is 3.08. The number of amides is 1. The molecule has 4 aromatic rings. The first kappa shape index (κ1) is 19.3. The molecule has 0 saturated heterocycles. The Balaban J connectivity index is 1.29. The molecule has 1 heterocycles. The number of nitrogens with one attached hydrogen (secondary N) is 1. The summed E-state index contributed by atoms with van der Waals surface area (Å²) in [7, 11) is 0. The predicted molar refractivity (Wildman–Crippen MR) is 113 cm³/mol. The third kappa shape index (κ3) is 4.70. The largest absolute Gasteiger partial charge is 0.484 e. The Labute approximate surface area is 174 Å². The molecule has 0 radical (unpaired) electrons. The van der Waals surface area contributed by atoms with Crippen LogP contribution < -0.4 is 10.1 Å². The molecule has 0 aliphatic heterocycles. The van der Waals surface area contributed by atoms with Crippen LogP contribution in [0.15, 0.2) is 85.2 Å². The van der Waals surface area contributed by atoms with E-state index in [9.17, 15) is 4.79 Å². The van der Waals surface area contributed by atoms with Gasteiger partial charge in [-0.15, -0.1) is 5.10 Å². The third-order valence-corrected chi connectivity index (χ3v) is 4.72. The predicted octanol–water partition coefficient (Wildman–Crippen LogP) is 3.59. The van der Waals surface area contributed by atoms with Crippen molar-refractivity contribution in [2.75, 3.05) is 6.61 Å². The van der Waals surface area contributed by atoms with Gasteiger partial charge in [-0.3, -0.25) is 4.79 Å². The molecule has 3 aromatic carbocycles. The van der Waals surface area contributed by atoms with Gasteiger partial charge in [-0.2, -0.15) is 0 Å². The molecule has 7 nitrogen and oxygen atoms in total. The fourth-order valence-electron chi connectivity index (χ4n) is 3.08. The summed E-state index contributed by atoms with van der Waals surface area (Å²) in [5.74, 6) is 0.418. The Kier molecular flexibility index (Phi) is 5.80. The van der Waals surface area contributed by atoms with Crippen molar-refractivity contribution in [3.63, 3.8) is 0 Å². The van der Waals surface area contributed by atoms with Crippen molar-refractivity contribution in [2.45, 2.75) is 13.0 Å². The van der Waals surface area contributed by atoms with Crippen LogP contribution in [0.4, 0.5) is 0 Å². The smallest absolute Gasteiger partial charge is 0.258 e. The molecule has 1 aromatic heterocycles. The molecule has 0 aliphatic carbocycles. The lowest BCUT2D eigenvalue weighted by atomic mass is 10.0. The maximum Gasteiger partial charge on any atom is 0.258 e. The summed E-state index contributed by atoms with van der Waals surface area (Å²) in [6.45, 7) is 1.90. The van der Waals surface area contributed by atoms with Crippen molar-refractivity contribution in [1.29, 1.82) is 0 Å². The Hall–Kier alpha value is -4.00. The van der Waals surface area contributed by atoms with Gasteiger partial charge in [0.25, 0.3) is 5.91 Å². The Morgan fingerprint density at radius 1 is 0.967 bits per heavy atom. The second-order valence-electron chi connectivity index (χ2n) is 6.81. The van der Waals surface area contributed by atoms with Gasteiger partial charge in [0.05, 0.1) is 11.7 Å². The van der Waals surface area contributed by atoms with Crippen LogP contribution in [0, 0.1) is 0 Å². The number of carbonyl (C=O) groups is 1. The number of carbonyl (C=O) groups excluding carboxylic acids is 1. The van der Waals surface area contributed by atoms with Gasteiger partial charge in [0, 0.05) is 0 Å². The lowest BCUT2D eigenvalue weighted by Crippen LogP contribution is -2.31. The molecule has 7 heteroatoms. The summed E-state index contributed by atoms with van der Waals surface area (Å²) in [6, 6.07) is 25.5. The van der Waals surface area contributed by atoms with Gasteiger partial charge in [0.15, 0.2) is 6.61 Å². The van der Waals surface area contributed by atoms with Gasteiger partial charge in [0.2, 0.25) is 0 Å². The minimum atomic E-state index is -0.181. The molecular formula is C23H21N5O2. The van der Waals surface area contributed by atoms with Crippen molar-refractivity contribution in [3.05, 3.63) is 90.8 Å². The molecule has 1 amide bonds. The van der Waals surface area contributed by atoms with Crippen LogP contribution in [0.3, 0.4) is 0 Å². The number of tetrazole rings is 1. The normalized spacial score (nSPS) is 11.6. The van der Waals surface area contributed by atoms with Crippen molar-refractivity contribution >= 4 is 5.91 Å². The third-order valence-electron chi connectivity index (χ3n) is 4.72. The molecule has 1 N–H and O–H groups in total. The topological polar surface area (TPSA) is 81.9 Å². The van der Waals surface area contributed by atoms with Crippen LogP contribution in [-0.2, 0) is 4.79 Å². The summed E-state index contributed by atoms with van der Waals surface area (Å²) in [5.41, 5.74) is 4.16. The highest BCUT2D eigenvalue weighted by Crippen LogP contribution is 2.22. The molecule has 1 atom stereocenters. The zero-order valence-electron chi connectivity index (χ0n) is 16.5. The van der Waals surface area contributed by atoms with Gasteiger partial charge < -0.3 is 10.1 Å². The number of ether oxygens (including phenoxy) is 1. The minimum Gasteiger partial charge on any atom is -0.484 e. The van der Waals surface area contributed by atoms with Crippen LogP contribution >= 0.6 is 0 Å². The average molecular weight is 399 g/mol. The van der Waals surface area contributed by atoms with E-state index in [0.29, 0.717) is 5.75 Å². The number of rotatable bonds is 7. The lowest BCUT2D eigenvalue weighted by molar-refractivity contribution is -0.123. The van der Waals surface area contributed by atoms with Gasteiger partial charge >= 0.3 is 0 Å². The molecule has 0 aliphatic rings. The summed E-state index contributed by atoms with van der Waals surface area (Å²) < 4.78 is 7.12. The van der Waals surface area contributed by atoms with Crippen LogP contribution in [0.1, 0.15) is 18.5 Å². The summed E-state index contributed by atoms with van der Waals surface area (Å²) in [4.78, 5) is 12.3. The van der Waals surface area contributed by atoms with E-state index >= 15 is 0 Å². The average Bonchev–Trinajstić information content (AvgIpc) is 3.34. The zero-order valence-corrected chi connectivity index (χ0v) is 16.5. The molecular weight excluding hydrogens is 378 g/mol. The molecule has 0 fully saturated rings. The Morgan fingerprint density at radius 2 is 1.67 bits per heavy atom. The van der Waals surface area contributed by atoms with Crippen molar-refractivity contribution < 1.29 is 9.53 Å². The van der Waals surface area contributed by atoms with Crippen molar-refractivity contribution in [2.24, 2.45) is 0 Å². The second-order valence-corrected chi connectivity index (χ2v) is 6.81. The van der Waals surface area contributed by atoms with Crippen LogP contribution in [0.25, 0.3) is 16.8 Å². The molecule has 0 bridgehead atoms. The van der Waals surface area contributed by atoms with Gasteiger partial charge in [-0.05, 0) is 58.3 Å². The molecule has 1 unspecified atom stereocenters. The number of nitrogens with zero attached hydrogens (tertiary/aromatic N) is 4. The molecule has 30 heavy (non-hydrogen) atoms. The van der Waals surface area contributed by atoms with E-state index in [1.54, 1.807) is 16.8 Å². The highest BCUT2D eigenvalue weighted by Gasteiger charge is 2.11. The Bertz CT molecular complexity index is 1080. The lowest BCUT2D eigenvalue weighted by Gasteiger charge is -2.15. The SMILES string of the molecule is CC(NC(=O)COc1ccc(-n2cnnn2)cc1)c1ccc(-c2ccccc2)cc1. The monoisotopic (exact) mass is 399 g/mol. The van der Waals surface area contributed by atoms with Crippen LogP contribution in [0.5, 0.6) is 5.75 Å². The Morgan fingerprint density at radius 3 is 2.33 bits per heavy atom. The highest BCUT2D eigenvalue weighted by atomic mass is 16.5. The number of hydrogen-bond donors (Lipinski definition) is 1. The summed E-state index contributed by atoms with van der Waals surface area (Å²) in [6.07, 6.45) is 1.51. The number of benzene rings is 3. The maximum atomic E-state index is 12.3. The van der Waals surface area contributed by atoms with Gasteiger partial charge in [-0.25, -0.2) is 4.68 Å². The molecule has 0 spiro atoms. The van der Waals surface area contributed by atoms with E-state index in [-0.39, 0.29) is 18.6 Å². The van der Waals surface area contributed by atoms with E-state index < -0.39 is 0 Å². The molecule has 4 rings (SSSR count). The quantitative estimate of drug-likeness (QED) is 0.514. The summed E-state index contributed by atoms with van der Waals surface area (Å²) >= 11 is 0. The second kappa shape index (κ2) is 9.00. The molecule has 0 saturated carbocycles. The fraction of sp³-hybridized carbons (Fsp3) is 0.130. The van der Waals surface area contributed by atoms with E-state index in [1.807, 2.05) is 49.4 Å². The van der Waals surface area contributed by atoms with E-state index in [1.165, 1.54) is 11.9 Å². The highest BCUT2D eigenvalue weighted by molar-refractivity contribution is 5.78.